The molecule has 2 aromatic carbocycles. The van der Waals surface area contributed by atoms with Gasteiger partial charge in [0.2, 0.25) is 11.7 Å². The quantitative estimate of drug-likeness (QED) is 0.695. The van der Waals surface area contributed by atoms with Gasteiger partial charge in [0.25, 0.3) is 0 Å². The molecular formula is C20H21ClN4O3. The van der Waals surface area contributed by atoms with Crippen LogP contribution >= 0.6 is 11.6 Å². The third kappa shape index (κ3) is 3.11. The molecule has 0 bridgehead atoms. The summed E-state index contributed by atoms with van der Waals surface area (Å²) in [5.41, 5.74) is 2.08. The fraction of sp³-hybridized carbons (Fsp3) is 0.300. The minimum absolute atomic E-state index is 0.0526. The van der Waals surface area contributed by atoms with Crippen molar-refractivity contribution >= 4 is 17.5 Å². The summed E-state index contributed by atoms with van der Waals surface area (Å²) in [6, 6.07) is 11.7. The summed E-state index contributed by atoms with van der Waals surface area (Å²) in [4.78, 5) is 4.38. The van der Waals surface area contributed by atoms with Crippen molar-refractivity contribution in [1.82, 2.24) is 14.8 Å². The normalized spacial score (nSPS) is 18.1. The number of benzene rings is 2. The predicted octanol–water partition coefficient (Wildman–Crippen LogP) is 4.10. The van der Waals surface area contributed by atoms with Gasteiger partial charge in [0.05, 0.1) is 33.4 Å². The maximum atomic E-state index is 6.05. The van der Waals surface area contributed by atoms with Gasteiger partial charge < -0.3 is 19.5 Å². The average molecular weight is 401 g/mol. The van der Waals surface area contributed by atoms with Crippen LogP contribution in [0.4, 0.5) is 5.95 Å². The SMILES string of the molecule is COc1ccc([C@H]2C[C@H](c3ccc(Cl)cc3)Nc3ncnn32)c(OC)c1OC. The summed E-state index contributed by atoms with van der Waals surface area (Å²) in [7, 11) is 4.83. The summed E-state index contributed by atoms with van der Waals surface area (Å²) in [5.74, 6) is 2.51. The lowest BCUT2D eigenvalue weighted by Gasteiger charge is -2.32. The molecule has 8 heteroatoms. The topological polar surface area (TPSA) is 70.4 Å². The highest BCUT2D eigenvalue weighted by molar-refractivity contribution is 6.30. The lowest BCUT2D eigenvalue weighted by Crippen LogP contribution is -2.28. The van der Waals surface area contributed by atoms with Gasteiger partial charge in [-0.3, -0.25) is 0 Å². The third-order valence-corrected chi connectivity index (χ3v) is 5.25. The lowest BCUT2D eigenvalue weighted by molar-refractivity contribution is 0.315. The number of anilines is 1. The van der Waals surface area contributed by atoms with Crippen molar-refractivity contribution in [3.63, 3.8) is 0 Å². The second-order valence-electron chi connectivity index (χ2n) is 6.45. The number of hydrogen-bond donors (Lipinski definition) is 1. The lowest BCUT2D eigenvalue weighted by atomic mass is 9.92. The van der Waals surface area contributed by atoms with Crippen molar-refractivity contribution in [2.75, 3.05) is 26.6 Å². The van der Waals surface area contributed by atoms with Crippen molar-refractivity contribution in [3.8, 4) is 17.2 Å². The van der Waals surface area contributed by atoms with Crippen LogP contribution in [0.25, 0.3) is 0 Å². The molecule has 1 N–H and O–H groups in total. The van der Waals surface area contributed by atoms with Gasteiger partial charge in [-0.05, 0) is 36.2 Å². The van der Waals surface area contributed by atoms with E-state index < -0.39 is 0 Å². The number of fused-ring (bicyclic) bond motifs is 1. The number of aromatic nitrogens is 3. The van der Waals surface area contributed by atoms with Crippen molar-refractivity contribution in [1.29, 1.82) is 0 Å². The van der Waals surface area contributed by atoms with Gasteiger partial charge in [-0.1, -0.05) is 23.7 Å². The van der Waals surface area contributed by atoms with Gasteiger partial charge >= 0.3 is 0 Å². The van der Waals surface area contributed by atoms with Crippen LogP contribution in [0.1, 0.15) is 29.6 Å². The molecule has 0 fully saturated rings. The summed E-state index contributed by atoms with van der Waals surface area (Å²) >= 11 is 6.05. The Balaban J connectivity index is 1.80. The van der Waals surface area contributed by atoms with Crippen LogP contribution in [-0.2, 0) is 0 Å². The number of methoxy groups -OCH3 is 3. The smallest absolute Gasteiger partial charge is 0.222 e. The van der Waals surface area contributed by atoms with E-state index in [1.807, 2.05) is 41.1 Å². The first-order chi connectivity index (χ1) is 13.7. The largest absolute Gasteiger partial charge is 0.493 e. The number of halogens is 1. The maximum absolute atomic E-state index is 6.05. The highest BCUT2D eigenvalue weighted by Crippen LogP contribution is 2.46. The number of rotatable bonds is 5. The number of nitrogens with one attached hydrogen (secondary N) is 1. The second kappa shape index (κ2) is 7.59. The Morgan fingerprint density at radius 3 is 2.43 bits per heavy atom. The van der Waals surface area contributed by atoms with Crippen LogP contribution in [0.3, 0.4) is 0 Å². The van der Waals surface area contributed by atoms with Gasteiger partial charge in [0, 0.05) is 10.6 Å². The van der Waals surface area contributed by atoms with Crippen molar-refractivity contribution in [3.05, 3.63) is 58.9 Å². The summed E-state index contributed by atoms with van der Waals surface area (Å²) in [5, 5.41) is 8.58. The van der Waals surface area contributed by atoms with Crippen LogP contribution < -0.4 is 19.5 Å². The molecule has 0 spiro atoms. The van der Waals surface area contributed by atoms with Crippen LogP contribution in [-0.4, -0.2) is 36.1 Å². The molecule has 0 saturated heterocycles. The molecule has 0 saturated carbocycles. The highest BCUT2D eigenvalue weighted by Gasteiger charge is 2.33. The summed E-state index contributed by atoms with van der Waals surface area (Å²) < 4.78 is 18.5. The second-order valence-corrected chi connectivity index (χ2v) is 6.89. The van der Waals surface area contributed by atoms with E-state index in [1.54, 1.807) is 27.7 Å². The molecule has 2 heterocycles. The molecule has 0 aliphatic carbocycles. The van der Waals surface area contributed by atoms with Gasteiger partial charge in [-0.2, -0.15) is 10.1 Å². The Bertz CT molecular complexity index is 974. The molecule has 0 unspecified atom stereocenters. The minimum atomic E-state index is -0.0887. The fourth-order valence-corrected chi connectivity index (χ4v) is 3.81. The molecule has 1 aliphatic heterocycles. The van der Waals surface area contributed by atoms with E-state index in [1.165, 1.54) is 0 Å². The molecule has 1 aromatic heterocycles. The zero-order valence-electron chi connectivity index (χ0n) is 15.8. The molecule has 146 valence electrons. The number of hydrogen-bond acceptors (Lipinski definition) is 6. The fourth-order valence-electron chi connectivity index (χ4n) is 3.68. The van der Waals surface area contributed by atoms with E-state index in [0.717, 1.165) is 17.5 Å². The zero-order valence-corrected chi connectivity index (χ0v) is 16.6. The average Bonchev–Trinajstić information content (AvgIpc) is 3.21. The van der Waals surface area contributed by atoms with Crippen molar-refractivity contribution in [2.45, 2.75) is 18.5 Å². The van der Waals surface area contributed by atoms with Crippen molar-refractivity contribution < 1.29 is 14.2 Å². The van der Waals surface area contributed by atoms with Crippen molar-refractivity contribution in [2.24, 2.45) is 0 Å². The molecule has 2 atom stereocenters. The standard InChI is InChI=1S/C20H21ClN4O3/c1-26-17-9-8-14(18(27-2)19(17)28-3)16-10-15(12-4-6-13(21)7-5-12)24-20-22-11-23-25(16)20/h4-9,11,15-16H,10H2,1-3H3,(H,22,23,24)/t15-,16-/m1/s1. The van der Waals surface area contributed by atoms with E-state index in [0.29, 0.717) is 28.2 Å². The monoisotopic (exact) mass is 400 g/mol. The van der Waals surface area contributed by atoms with E-state index >= 15 is 0 Å². The Kier molecular flexibility index (Phi) is 5.00. The Morgan fingerprint density at radius 2 is 1.75 bits per heavy atom. The Hall–Kier alpha value is -2.93. The van der Waals surface area contributed by atoms with E-state index in [4.69, 9.17) is 25.8 Å². The third-order valence-electron chi connectivity index (χ3n) is 5.00. The molecule has 0 radical (unpaired) electrons. The molecule has 7 nitrogen and oxygen atoms in total. The maximum Gasteiger partial charge on any atom is 0.222 e. The highest BCUT2D eigenvalue weighted by atomic mass is 35.5. The Morgan fingerprint density at radius 1 is 1.00 bits per heavy atom. The molecule has 3 aromatic rings. The summed E-state index contributed by atoms with van der Waals surface area (Å²) in [6.07, 6.45) is 2.30. The number of ether oxygens (including phenoxy) is 3. The van der Waals surface area contributed by atoms with E-state index in [-0.39, 0.29) is 12.1 Å². The molecule has 4 rings (SSSR count). The first-order valence-corrected chi connectivity index (χ1v) is 9.24. The first kappa shape index (κ1) is 18.4. The van der Waals surface area contributed by atoms with E-state index in [2.05, 4.69) is 15.4 Å². The van der Waals surface area contributed by atoms with Gasteiger partial charge in [0.1, 0.15) is 6.33 Å². The van der Waals surface area contributed by atoms with Crippen LogP contribution in [0.2, 0.25) is 5.02 Å². The van der Waals surface area contributed by atoms with Gasteiger partial charge in [-0.25, -0.2) is 4.68 Å². The number of nitrogens with zero attached hydrogens (tertiary/aromatic N) is 3. The van der Waals surface area contributed by atoms with Gasteiger partial charge in [0.15, 0.2) is 11.5 Å². The zero-order chi connectivity index (χ0) is 19.7. The molecule has 1 aliphatic rings. The summed E-state index contributed by atoms with van der Waals surface area (Å²) in [6.45, 7) is 0. The van der Waals surface area contributed by atoms with E-state index in [9.17, 15) is 0 Å². The minimum Gasteiger partial charge on any atom is -0.493 e. The van der Waals surface area contributed by atoms with Crippen LogP contribution in [0, 0.1) is 0 Å². The molecule has 0 amide bonds. The molecular weight excluding hydrogens is 380 g/mol. The van der Waals surface area contributed by atoms with Crippen LogP contribution in [0.5, 0.6) is 17.2 Å². The predicted molar refractivity (Wildman–Crippen MR) is 107 cm³/mol. The first-order valence-electron chi connectivity index (χ1n) is 8.86. The van der Waals surface area contributed by atoms with Crippen LogP contribution in [0.15, 0.2) is 42.7 Å². The Labute approximate surface area is 168 Å². The molecule has 28 heavy (non-hydrogen) atoms. The van der Waals surface area contributed by atoms with Gasteiger partial charge in [-0.15, -0.1) is 0 Å².